The molecular formula is C16H19FN6O3S. The second-order valence-corrected chi connectivity index (χ2v) is 9.02. The third-order valence-electron chi connectivity index (χ3n) is 4.70. The molecule has 0 saturated carbocycles. The molecule has 0 spiro atoms. The molecule has 2 saturated heterocycles. The number of nitrogens with zero attached hydrogens (tertiary/aromatic N) is 5. The fraction of sp³-hybridized carbons (Fsp3) is 0.438. The van der Waals surface area contributed by atoms with E-state index >= 15 is 0 Å². The van der Waals surface area contributed by atoms with Gasteiger partial charge in [-0.25, -0.2) is 18.1 Å². The van der Waals surface area contributed by atoms with Crippen LogP contribution in [0.2, 0.25) is 0 Å². The lowest BCUT2D eigenvalue weighted by molar-refractivity contribution is 0.129. The van der Waals surface area contributed by atoms with Crippen LogP contribution < -0.4 is 9.80 Å². The summed E-state index contributed by atoms with van der Waals surface area (Å²) in [6, 6.07) is 4.59. The maximum Gasteiger partial charge on any atom is 0.414 e. The predicted molar refractivity (Wildman–Crippen MR) is 96.8 cm³/mol. The quantitative estimate of drug-likeness (QED) is 0.838. The Morgan fingerprint density at radius 3 is 2.78 bits per heavy atom. The standard InChI is InChI=1S/C16H19FN6O3S/c17-14-9-12(1-2-15(14)21-5-7-27(18,25)8-6-21)23-11-13(26-16(23)24)10-22-4-3-19-20-22/h1-4,9,13,18H,5-8,10-11H2/t13-/m0/s1. The van der Waals surface area contributed by atoms with E-state index in [1.165, 1.54) is 11.0 Å². The minimum atomic E-state index is -2.54. The molecule has 2 aromatic rings. The topological polar surface area (TPSA) is 104 Å². The fourth-order valence-corrected chi connectivity index (χ4v) is 4.49. The maximum absolute atomic E-state index is 14.6. The molecule has 0 aliphatic carbocycles. The van der Waals surface area contributed by atoms with Crippen LogP contribution in [0.3, 0.4) is 0 Å². The molecule has 0 unspecified atom stereocenters. The minimum absolute atomic E-state index is 0.233. The maximum atomic E-state index is 14.6. The van der Waals surface area contributed by atoms with E-state index in [1.807, 2.05) is 0 Å². The molecule has 0 radical (unpaired) electrons. The number of amides is 1. The van der Waals surface area contributed by atoms with Crippen LogP contribution in [0, 0.1) is 10.6 Å². The summed E-state index contributed by atoms with van der Waals surface area (Å²) in [7, 11) is -2.54. The Hall–Kier alpha value is -2.69. The first kappa shape index (κ1) is 17.7. The number of ether oxygens (including phenoxy) is 1. The Balaban J connectivity index is 1.47. The van der Waals surface area contributed by atoms with Gasteiger partial charge in [0.05, 0.1) is 30.7 Å². The lowest BCUT2D eigenvalue weighted by Gasteiger charge is -2.30. The third kappa shape index (κ3) is 3.72. The Morgan fingerprint density at radius 2 is 2.11 bits per heavy atom. The molecule has 4 rings (SSSR count). The zero-order valence-corrected chi connectivity index (χ0v) is 15.3. The number of cyclic esters (lactones) is 1. The summed E-state index contributed by atoms with van der Waals surface area (Å²) < 4.78 is 40.9. The number of aromatic nitrogens is 3. The van der Waals surface area contributed by atoms with Crippen molar-refractivity contribution in [1.82, 2.24) is 15.0 Å². The van der Waals surface area contributed by atoms with Crippen LogP contribution in [-0.4, -0.2) is 62.5 Å². The molecular weight excluding hydrogens is 375 g/mol. The van der Waals surface area contributed by atoms with Crippen molar-refractivity contribution in [2.45, 2.75) is 12.6 Å². The number of nitrogens with one attached hydrogen (secondary N) is 1. The number of rotatable bonds is 4. The molecule has 144 valence electrons. The third-order valence-corrected chi connectivity index (χ3v) is 6.39. The van der Waals surface area contributed by atoms with Gasteiger partial charge in [-0.3, -0.25) is 9.68 Å². The van der Waals surface area contributed by atoms with Crippen LogP contribution >= 0.6 is 0 Å². The second-order valence-electron chi connectivity index (χ2n) is 6.58. The van der Waals surface area contributed by atoms with Crippen molar-refractivity contribution >= 4 is 27.2 Å². The van der Waals surface area contributed by atoms with E-state index in [0.29, 0.717) is 37.6 Å². The highest BCUT2D eigenvalue weighted by molar-refractivity contribution is 7.92. The van der Waals surface area contributed by atoms with E-state index in [2.05, 4.69) is 10.3 Å². The van der Waals surface area contributed by atoms with Crippen LogP contribution in [0.15, 0.2) is 30.6 Å². The van der Waals surface area contributed by atoms with Crippen LogP contribution in [0.1, 0.15) is 0 Å². The Bertz CT molecular complexity index is 935. The molecule has 0 bridgehead atoms. The summed E-state index contributed by atoms with van der Waals surface area (Å²) in [5.74, 6) is 0.00568. The van der Waals surface area contributed by atoms with Crippen molar-refractivity contribution in [3.8, 4) is 0 Å². The van der Waals surface area contributed by atoms with E-state index in [-0.39, 0.29) is 11.5 Å². The normalized spacial score (nSPS) is 22.1. The van der Waals surface area contributed by atoms with Crippen LogP contribution in [0.5, 0.6) is 0 Å². The Morgan fingerprint density at radius 1 is 1.33 bits per heavy atom. The van der Waals surface area contributed by atoms with Crippen molar-refractivity contribution in [3.63, 3.8) is 0 Å². The summed E-state index contributed by atoms with van der Waals surface area (Å²) in [6.45, 7) is 1.43. The van der Waals surface area contributed by atoms with E-state index in [9.17, 15) is 13.4 Å². The van der Waals surface area contributed by atoms with Gasteiger partial charge in [0.2, 0.25) is 0 Å². The monoisotopic (exact) mass is 394 g/mol. The Labute approximate surface area is 155 Å². The summed E-state index contributed by atoms with van der Waals surface area (Å²) in [4.78, 5) is 15.3. The lowest BCUT2D eigenvalue weighted by Crippen LogP contribution is -2.40. The van der Waals surface area contributed by atoms with Gasteiger partial charge >= 0.3 is 6.09 Å². The Kier molecular flexibility index (Phi) is 4.46. The molecule has 1 aromatic heterocycles. The SMILES string of the molecule is N=S1(=O)CCN(c2ccc(N3C[C@H](Cn4ccnn4)OC3=O)cc2F)CC1. The molecule has 2 aliphatic heterocycles. The fourth-order valence-electron chi connectivity index (χ4n) is 3.26. The van der Waals surface area contributed by atoms with Gasteiger partial charge in [-0.1, -0.05) is 5.21 Å². The molecule has 27 heavy (non-hydrogen) atoms. The molecule has 2 fully saturated rings. The van der Waals surface area contributed by atoms with Gasteiger partial charge in [0, 0.05) is 40.5 Å². The number of anilines is 2. The zero-order valence-electron chi connectivity index (χ0n) is 14.5. The summed E-state index contributed by atoms with van der Waals surface area (Å²) in [5.41, 5.74) is 0.809. The lowest BCUT2D eigenvalue weighted by atomic mass is 10.2. The van der Waals surface area contributed by atoms with Gasteiger partial charge in [-0.15, -0.1) is 5.10 Å². The average Bonchev–Trinajstić information content (AvgIpc) is 3.25. The van der Waals surface area contributed by atoms with Crippen molar-refractivity contribution in [3.05, 3.63) is 36.4 Å². The van der Waals surface area contributed by atoms with Crippen LogP contribution in [0.4, 0.5) is 20.6 Å². The predicted octanol–water partition coefficient (Wildman–Crippen LogP) is 1.31. The van der Waals surface area contributed by atoms with E-state index in [1.54, 1.807) is 34.1 Å². The minimum Gasteiger partial charge on any atom is -0.442 e. The molecule has 11 heteroatoms. The first-order valence-electron chi connectivity index (χ1n) is 8.52. The molecule has 2 aliphatic rings. The van der Waals surface area contributed by atoms with Gasteiger partial charge in [0.25, 0.3) is 0 Å². The van der Waals surface area contributed by atoms with Gasteiger partial charge in [0.15, 0.2) is 0 Å². The number of carbonyl (C=O) groups is 1. The number of halogens is 1. The van der Waals surface area contributed by atoms with E-state index < -0.39 is 27.7 Å². The summed E-state index contributed by atoms with van der Waals surface area (Å²) in [5, 5.41) is 7.56. The van der Waals surface area contributed by atoms with Crippen molar-refractivity contribution < 1.29 is 18.1 Å². The second kappa shape index (κ2) is 6.80. The molecule has 3 heterocycles. The van der Waals surface area contributed by atoms with E-state index in [4.69, 9.17) is 9.52 Å². The van der Waals surface area contributed by atoms with Crippen LogP contribution in [-0.2, 0) is 21.0 Å². The van der Waals surface area contributed by atoms with Gasteiger partial charge in [-0.05, 0) is 18.2 Å². The highest BCUT2D eigenvalue weighted by Gasteiger charge is 2.33. The van der Waals surface area contributed by atoms with Crippen molar-refractivity contribution in [2.75, 3.05) is 40.9 Å². The smallest absolute Gasteiger partial charge is 0.414 e. The van der Waals surface area contributed by atoms with Gasteiger partial charge in [-0.2, -0.15) is 0 Å². The number of benzene rings is 1. The van der Waals surface area contributed by atoms with Crippen molar-refractivity contribution in [2.24, 2.45) is 0 Å². The largest absolute Gasteiger partial charge is 0.442 e. The van der Waals surface area contributed by atoms with E-state index in [0.717, 1.165) is 0 Å². The van der Waals surface area contributed by atoms with Gasteiger partial charge < -0.3 is 9.64 Å². The number of hydrogen-bond acceptors (Lipinski definition) is 7. The number of hydrogen-bond donors (Lipinski definition) is 1. The molecule has 1 atom stereocenters. The molecule has 1 amide bonds. The highest BCUT2D eigenvalue weighted by atomic mass is 32.2. The average molecular weight is 394 g/mol. The van der Waals surface area contributed by atoms with Crippen molar-refractivity contribution in [1.29, 1.82) is 4.78 Å². The zero-order chi connectivity index (χ0) is 19.0. The first-order valence-corrected chi connectivity index (χ1v) is 10.4. The summed E-state index contributed by atoms with van der Waals surface area (Å²) >= 11 is 0. The molecule has 1 N–H and O–H groups in total. The van der Waals surface area contributed by atoms with Gasteiger partial charge in [0.1, 0.15) is 11.9 Å². The summed E-state index contributed by atoms with van der Waals surface area (Å²) in [6.07, 6.45) is 2.30. The molecule has 9 nitrogen and oxygen atoms in total. The number of carbonyl (C=O) groups excluding carboxylic acids is 1. The molecule has 1 aromatic carbocycles. The highest BCUT2D eigenvalue weighted by Crippen LogP contribution is 2.29. The first-order chi connectivity index (χ1) is 12.9. The van der Waals surface area contributed by atoms with Crippen LogP contribution in [0.25, 0.3) is 0 Å².